The van der Waals surface area contributed by atoms with Crippen LogP contribution in [0.15, 0.2) is 59.6 Å². The first-order chi connectivity index (χ1) is 12.2. The van der Waals surface area contributed by atoms with Crippen molar-refractivity contribution in [2.75, 3.05) is 32.6 Å². The monoisotopic (exact) mass is 468 g/mol. The second kappa shape index (κ2) is 12.1. The van der Waals surface area contributed by atoms with Crippen LogP contribution in [0.3, 0.4) is 0 Å². The number of nitrogens with zero attached hydrogens (tertiary/aromatic N) is 1. The summed E-state index contributed by atoms with van der Waals surface area (Å²) in [7, 11) is 3.34. The summed E-state index contributed by atoms with van der Waals surface area (Å²) in [6.45, 7) is 0.823. The standard InChI is InChI=1S/C19H24N4O2.HI/c1-20-19(21-13-12-15-8-6-7-11-17(15)25-2)22-14-18(24)23-16-9-4-3-5-10-16;/h3-11H,12-14H2,1-2H3,(H,23,24)(H2,20,21,22);1H. The summed E-state index contributed by atoms with van der Waals surface area (Å²) in [6, 6.07) is 17.3. The molecule has 0 saturated heterocycles. The fraction of sp³-hybridized carbons (Fsp3) is 0.263. The van der Waals surface area contributed by atoms with Gasteiger partial charge < -0.3 is 20.7 Å². The molecule has 0 aromatic heterocycles. The minimum absolute atomic E-state index is 0. The summed E-state index contributed by atoms with van der Waals surface area (Å²) in [5, 5.41) is 9.01. The van der Waals surface area contributed by atoms with Gasteiger partial charge in [0.25, 0.3) is 0 Å². The van der Waals surface area contributed by atoms with Crippen molar-refractivity contribution in [2.24, 2.45) is 4.99 Å². The molecule has 2 aromatic rings. The van der Waals surface area contributed by atoms with Gasteiger partial charge in [0.05, 0.1) is 13.7 Å². The highest BCUT2D eigenvalue weighted by molar-refractivity contribution is 14.0. The van der Waals surface area contributed by atoms with Gasteiger partial charge in [-0.2, -0.15) is 0 Å². The lowest BCUT2D eigenvalue weighted by Crippen LogP contribution is -2.42. The molecule has 0 saturated carbocycles. The average Bonchev–Trinajstić information content (AvgIpc) is 2.65. The third-order valence-electron chi connectivity index (χ3n) is 3.58. The van der Waals surface area contributed by atoms with Gasteiger partial charge in [-0.05, 0) is 30.2 Å². The molecule has 140 valence electrons. The van der Waals surface area contributed by atoms with Crippen molar-refractivity contribution in [2.45, 2.75) is 6.42 Å². The summed E-state index contributed by atoms with van der Waals surface area (Å²) < 4.78 is 5.34. The molecule has 0 radical (unpaired) electrons. The Bertz CT molecular complexity index is 708. The highest BCUT2D eigenvalue weighted by Crippen LogP contribution is 2.17. The van der Waals surface area contributed by atoms with Gasteiger partial charge in [0, 0.05) is 19.3 Å². The van der Waals surface area contributed by atoms with Crippen LogP contribution in [0.1, 0.15) is 5.56 Å². The third kappa shape index (κ3) is 7.30. The predicted octanol–water partition coefficient (Wildman–Crippen LogP) is 2.66. The van der Waals surface area contributed by atoms with E-state index in [4.69, 9.17) is 4.74 Å². The number of para-hydroxylation sites is 2. The minimum Gasteiger partial charge on any atom is -0.496 e. The van der Waals surface area contributed by atoms with E-state index >= 15 is 0 Å². The normalized spacial score (nSPS) is 10.5. The second-order valence-corrected chi connectivity index (χ2v) is 5.33. The van der Waals surface area contributed by atoms with E-state index in [1.54, 1.807) is 14.2 Å². The Morgan fingerprint density at radius 2 is 1.73 bits per heavy atom. The van der Waals surface area contributed by atoms with Gasteiger partial charge in [-0.15, -0.1) is 24.0 Å². The number of methoxy groups -OCH3 is 1. The van der Waals surface area contributed by atoms with E-state index in [-0.39, 0.29) is 36.4 Å². The van der Waals surface area contributed by atoms with E-state index in [1.165, 1.54) is 0 Å². The van der Waals surface area contributed by atoms with Gasteiger partial charge in [0.1, 0.15) is 5.75 Å². The van der Waals surface area contributed by atoms with Crippen LogP contribution in [0.2, 0.25) is 0 Å². The Morgan fingerprint density at radius 1 is 1.04 bits per heavy atom. The maximum Gasteiger partial charge on any atom is 0.243 e. The number of hydrogen-bond donors (Lipinski definition) is 3. The lowest BCUT2D eigenvalue weighted by atomic mass is 10.1. The maximum atomic E-state index is 11.9. The lowest BCUT2D eigenvalue weighted by Gasteiger charge is -2.13. The predicted molar refractivity (Wildman–Crippen MR) is 117 cm³/mol. The second-order valence-electron chi connectivity index (χ2n) is 5.33. The molecule has 0 aliphatic rings. The molecule has 26 heavy (non-hydrogen) atoms. The van der Waals surface area contributed by atoms with Gasteiger partial charge >= 0.3 is 0 Å². The summed E-state index contributed by atoms with van der Waals surface area (Å²) in [6.07, 6.45) is 0.793. The number of halogens is 1. The van der Waals surface area contributed by atoms with Gasteiger partial charge in [0.15, 0.2) is 5.96 Å². The molecule has 7 heteroatoms. The number of carbonyl (C=O) groups is 1. The van der Waals surface area contributed by atoms with Crippen LogP contribution in [-0.4, -0.2) is 39.1 Å². The number of aliphatic imine (C=N–C) groups is 1. The molecule has 0 heterocycles. The molecular weight excluding hydrogens is 443 g/mol. The van der Waals surface area contributed by atoms with Crippen molar-refractivity contribution in [3.63, 3.8) is 0 Å². The van der Waals surface area contributed by atoms with Gasteiger partial charge in [0.2, 0.25) is 5.91 Å². The summed E-state index contributed by atoms with van der Waals surface area (Å²) in [5.74, 6) is 1.33. The van der Waals surface area contributed by atoms with Crippen LogP contribution in [0.4, 0.5) is 5.69 Å². The first-order valence-electron chi connectivity index (χ1n) is 8.14. The molecular formula is C19H25IN4O2. The van der Waals surface area contributed by atoms with Gasteiger partial charge in [-0.1, -0.05) is 36.4 Å². The van der Waals surface area contributed by atoms with Crippen molar-refractivity contribution in [1.82, 2.24) is 10.6 Å². The highest BCUT2D eigenvalue weighted by atomic mass is 127. The van der Waals surface area contributed by atoms with E-state index in [0.29, 0.717) is 12.5 Å². The highest BCUT2D eigenvalue weighted by Gasteiger charge is 2.05. The van der Waals surface area contributed by atoms with E-state index in [9.17, 15) is 4.79 Å². The molecule has 6 nitrogen and oxygen atoms in total. The van der Waals surface area contributed by atoms with E-state index in [0.717, 1.165) is 23.4 Å². The number of rotatable bonds is 7. The number of ether oxygens (including phenoxy) is 1. The number of nitrogens with one attached hydrogen (secondary N) is 3. The summed E-state index contributed by atoms with van der Waals surface area (Å²) in [5.41, 5.74) is 1.89. The van der Waals surface area contributed by atoms with Gasteiger partial charge in [-0.25, -0.2) is 0 Å². The Labute approximate surface area is 171 Å². The van der Waals surface area contributed by atoms with Crippen LogP contribution < -0.4 is 20.7 Å². The van der Waals surface area contributed by atoms with E-state index in [2.05, 4.69) is 20.9 Å². The lowest BCUT2D eigenvalue weighted by molar-refractivity contribution is -0.115. The molecule has 0 atom stereocenters. The molecule has 2 aromatic carbocycles. The van der Waals surface area contributed by atoms with Crippen molar-refractivity contribution < 1.29 is 9.53 Å². The smallest absolute Gasteiger partial charge is 0.243 e. The Kier molecular flexibility index (Phi) is 10.1. The van der Waals surface area contributed by atoms with Gasteiger partial charge in [-0.3, -0.25) is 9.79 Å². The first kappa shape index (κ1) is 21.8. The van der Waals surface area contributed by atoms with Crippen molar-refractivity contribution in [1.29, 1.82) is 0 Å². The SMILES string of the molecule is CN=C(NCCc1ccccc1OC)NCC(=O)Nc1ccccc1.I. The zero-order chi connectivity index (χ0) is 17.9. The topological polar surface area (TPSA) is 74.8 Å². The van der Waals surface area contributed by atoms with Crippen molar-refractivity contribution in [3.8, 4) is 5.75 Å². The summed E-state index contributed by atoms with van der Waals surface area (Å²) in [4.78, 5) is 16.1. The quantitative estimate of drug-likeness (QED) is 0.332. The molecule has 0 fully saturated rings. The van der Waals surface area contributed by atoms with Crippen LogP contribution in [-0.2, 0) is 11.2 Å². The van der Waals surface area contributed by atoms with Crippen LogP contribution in [0.25, 0.3) is 0 Å². The Hall–Kier alpha value is -2.29. The molecule has 0 aliphatic carbocycles. The number of anilines is 1. The zero-order valence-corrected chi connectivity index (χ0v) is 17.3. The number of carbonyl (C=O) groups excluding carboxylic acids is 1. The number of benzene rings is 2. The minimum atomic E-state index is -0.126. The first-order valence-corrected chi connectivity index (χ1v) is 8.14. The molecule has 0 aliphatic heterocycles. The Balaban J connectivity index is 0.00000338. The zero-order valence-electron chi connectivity index (χ0n) is 15.0. The van der Waals surface area contributed by atoms with Crippen molar-refractivity contribution >= 4 is 41.5 Å². The summed E-state index contributed by atoms with van der Waals surface area (Å²) >= 11 is 0. The van der Waals surface area contributed by atoms with E-state index < -0.39 is 0 Å². The Morgan fingerprint density at radius 3 is 2.42 bits per heavy atom. The van der Waals surface area contributed by atoms with Crippen molar-refractivity contribution in [3.05, 3.63) is 60.2 Å². The fourth-order valence-electron chi connectivity index (χ4n) is 2.34. The molecule has 3 N–H and O–H groups in total. The fourth-order valence-corrected chi connectivity index (χ4v) is 2.34. The molecule has 0 unspecified atom stereocenters. The molecule has 0 bridgehead atoms. The number of hydrogen-bond acceptors (Lipinski definition) is 3. The number of amides is 1. The largest absolute Gasteiger partial charge is 0.496 e. The number of guanidine groups is 1. The maximum absolute atomic E-state index is 11.9. The molecule has 2 rings (SSSR count). The van der Waals surface area contributed by atoms with Crippen LogP contribution in [0, 0.1) is 0 Å². The average molecular weight is 468 g/mol. The van der Waals surface area contributed by atoms with Crippen LogP contribution in [0.5, 0.6) is 5.75 Å². The van der Waals surface area contributed by atoms with Crippen LogP contribution >= 0.6 is 24.0 Å². The molecule has 0 spiro atoms. The molecule has 1 amide bonds. The third-order valence-corrected chi connectivity index (χ3v) is 3.58. The van der Waals surface area contributed by atoms with E-state index in [1.807, 2.05) is 54.6 Å².